The molecule has 0 aliphatic heterocycles. The fraction of sp³-hybridized carbons (Fsp3) is 0.556. The van der Waals surface area contributed by atoms with Crippen LogP contribution in [0.5, 0.6) is 0 Å². The predicted octanol–water partition coefficient (Wildman–Crippen LogP) is 0.493. The maximum absolute atomic E-state index is 10.7. The summed E-state index contributed by atoms with van der Waals surface area (Å²) in [6.07, 6.45) is 0.251. The predicted molar refractivity (Wildman–Crippen MR) is 49.9 cm³/mol. The van der Waals surface area contributed by atoms with Crippen molar-refractivity contribution in [2.45, 2.75) is 20.3 Å². The van der Waals surface area contributed by atoms with E-state index in [4.69, 9.17) is 15.3 Å². The molecule has 0 aliphatic rings. The fourth-order valence-electron chi connectivity index (χ4n) is 1.11. The van der Waals surface area contributed by atoms with E-state index in [1.54, 1.807) is 6.92 Å². The molecule has 1 aromatic heterocycles. The van der Waals surface area contributed by atoms with Gasteiger partial charge in [0.1, 0.15) is 5.76 Å². The number of nitrogens with zero attached hydrogens (tertiary/aromatic N) is 1. The number of carboxylic acids is 1. The average Bonchev–Trinajstić information content (AvgIpc) is 2.41. The number of carboxylic acid groups (broad SMARTS) is 1. The van der Waals surface area contributed by atoms with E-state index >= 15 is 0 Å². The van der Waals surface area contributed by atoms with Gasteiger partial charge in [-0.25, -0.2) is 4.98 Å². The summed E-state index contributed by atoms with van der Waals surface area (Å²) >= 11 is 0. The number of aromatic nitrogens is 1. The van der Waals surface area contributed by atoms with Gasteiger partial charge in [-0.3, -0.25) is 4.79 Å². The molecule has 0 amide bonds. The molecule has 14 heavy (non-hydrogen) atoms. The Morgan fingerprint density at radius 1 is 1.64 bits per heavy atom. The highest BCUT2D eigenvalue weighted by molar-refractivity contribution is 5.70. The van der Waals surface area contributed by atoms with Crippen molar-refractivity contribution in [3.8, 4) is 0 Å². The van der Waals surface area contributed by atoms with Crippen molar-refractivity contribution in [3.63, 3.8) is 0 Å². The molecular formula is C9H14N2O3. The molecule has 1 unspecified atom stereocenters. The molecule has 5 heteroatoms. The molecule has 0 fully saturated rings. The maximum Gasteiger partial charge on any atom is 0.308 e. The van der Waals surface area contributed by atoms with Crippen molar-refractivity contribution in [1.82, 2.24) is 4.98 Å². The number of oxazole rings is 1. The summed E-state index contributed by atoms with van der Waals surface area (Å²) in [5.41, 5.74) is 6.11. The minimum atomic E-state index is -0.916. The summed E-state index contributed by atoms with van der Waals surface area (Å²) in [6.45, 7) is 3.71. The van der Waals surface area contributed by atoms with Crippen molar-refractivity contribution in [2.75, 3.05) is 6.54 Å². The minimum absolute atomic E-state index is 0.0931. The first-order chi connectivity index (χ1) is 6.54. The van der Waals surface area contributed by atoms with Gasteiger partial charge in [-0.1, -0.05) is 0 Å². The number of carbonyl (C=O) groups is 1. The van der Waals surface area contributed by atoms with Gasteiger partial charge in [0.15, 0.2) is 5.89 Å². The zero-order valence-corrected chi connectivity index (χ0v) is 8.28. The lowest BCUT2D eigenvalue weighted by molar-refractivity contribution is -0.141. The molecule has 1 heterocycles. The van der Waals surface area contributed by atoms with Crippen LogP contribution < -0.4 is 5.73 Å². The Bertz CT molecular complexity index is 313. The molecule has 0 spiro atoms. The third-order valence-corrected chi connectivity index (χ3v) is 2.13. The van der Waals surface area contributed by atoms with Crippen LogP contribution in [0.1, 0.15) is 17.3 Å². The minimum Gasteiger partial charge on any atom is -0.481 e. The third-order valence-electron chi connectivity index (χ3n) is 2.13. The quantitative estimate of drug-likeness (QED) is 0.735. The van der Waals surface area contributed by atoms with Crippen molar-refractivity contribution < 1.29 is 14.3 Å². The Kier molecular flexibility index (Phi) is 3.24. The zero-order valence-electron chi connectivity index (χ0n) is 8.28. The molecule has 0 saturated heterocycles. The highest BCUT2D eigenvalue weighted by Crippen LogP contribution is 2.12. The summed E-state index contributed by atoms with van der Waals surface area (Å²) in [5, 5.41) is 8.76. The topological polar surface area (TPSA) is 89.3 Å². The monoisotopic (exact) mass is 198 g/mol. The standard InChI is InChI=1S/C9H14N2O3/c1-5-6(2)14-8(11-5)3-7(4-10)9(12)13/h7H,3-4,10H2,1-2H3,(H,12,13). The van der Waals surface area contributed by atoms with Crippen molar-refractivity contribution in [3.05, 3.63) is 17.3 Å². The van der Waals surface area contributed by atoms with Crippen LogP contribution in [-0.2, 0) is 11.2 Å². The lowest BCUT2D eigenvalue weighted by Gasteiger charge is -2.05. The van der Waals surface area contributed by atoms with Gasteiger partial charge < -0.3 is 15.3 Å². The van der Waals surface area contributed by atoms with Crippen LogP contribution in [0.3, 0.4) is 0 Å². The van der Waals surface area contributed by atoms with E-state index in [-0.39, 0.29) is 13.0 Å². The molecule has 0 bridgehead atoms. The molecule has 78 valence electrons. The Morgan fingerprint density at radius 2 is 2.29 bits per heavy atom. The molecule has 0 aromatic carbocycles. The largest absolute Gasteiger partial charge is 0.481 e. The number of hydrogen-bond acceptors (Lipinski definition) is 4. The fourth-order valence-corrected chi connectivity index (χ4v) is 1.11. The van der Waals surface area contributed by atoms with Crippen LogP contribution in [0.2, 0.25) is 0 Å². The van der Waals surface area contributed by atoms with Gasteiger partial charge in [0.2, 0.25) is 0 Å². The second kappa shape index (κ2) is 4.23. The van der Waals surface area contributed by atoms with Crippen LogP contribution in [0.4, 0.5) is 0 Å². The van der Waals surface area contributed by atoms with E-state index in [0.29, 0.717) is 5.89 Å². The summed E-state index contributed by atoms with van der Waals surface area (Å²) in [5.74, 6) is -0.368. The first-order valence-electron chi connectivity index (χ1n) is 4.40. The van der Waals surface area contributed by atoms with Gasteiger partial charge in [0, 0.05) is 13.0 Å². The molecule has 0 saturated carbocycles. The molecule has 5 nitrogen and oxygen atoms in total. The number of hydrogen-bond donors (Lipinski definition) is 2. The second-order valence-corrected chi connectivity index (χ2v) is 3.22. The van der Waals surface area contributed by atoms with Crippen LogP contribution in [0.15, 0.2) is 4.42 Å². The molecule has 0 radical (unpaired) electrons. The van der Waals surface area contributed by atoms with E-state index in [1.807, 2.05) is 6.92 Å². The Labute approximate surface area is 81.9 Å². The van der Waals surface area contributed by atoms with Gasteiger partial charge in [-0.05, 0) is 13.8 Å². The Morgan fingerprint density at radius 3 is 2.64 bits per heavy atom. The van der Waals surface area contributed by atoms with Crippen LogP contribution in [-0.4, -0.2) is 22.6 Å². The highest BCUT2D eigenvalue weighted by Gasteiger charge is 2.19. The van der Waals surface area contributed by atoms with Gasteiger partial charge in [-0.15, -0.1) is 0 Å². The van der Waals surface area contributed by atoms with Crippen LogP contribution in [0, 0.1) is 19.8 Å². The van der Waals surface area contributed by atoms with E-state index < -0.39 is 11.9 Å². The average molecular weight is 198 g/mol. The van der Waals surface area contributed by atoms with Crippen molar-refractivity contribution >= 4 is 5.97 Å². The summed E-state index contributed by atoms with van der Waals surface area (Å²) in [4.78, 5) is 14.8. The lowest BCUT2D eigenvalue weighted by atomic mass is 10.1. The van der Waals surface area contributed by atoms with E-state index in [0.717, 1.165) is 11.5 Å². The second-order valence-electron chi connectivity index (χ2n) is 3.22. The molecule has 1 aromatic rings. The van der Waals surface area contributed by atoms with Gasteiger partial charge in [-0.2, -0.15) is 0 Å². The SMILES string of the molecule is Cc1nc(CC(CN)C(=O)O)oc1C. The summed E-state index contributed by atoms with van der Waals surface area (Å²) in [6, 6.07) is 0. The normalized spacial score (nSPS) is 12.8. The van der Waals surface area contributed by atoms with Gasteiger partial charge in [0.05, 0.1) is 11.6 Å². The lowest BCUT2D eigenvalue weighted by Crippen LogP contribution is -2.25. The zero-order chi connectivity index (χ0) is 10.7. The first kappa shape index (κ1) is 10.7. The molecule has 1 atom stereocenters. The molecular weight excluding hydrogens is 184 g/mol. The number of aryl methyl sites for hydroxylation is 2. The van der Waals surface area contributed by atoms with E-state index in [9.17, 15) is 4.79 Å². The van der Waals surface area contributed by atoms with Crippen molar-refractivity contribution in [1.29, 1.82) is 0 Å². The third kappa shape index (κ3) is 2.32. The Balaban J connectivity index is 2.72. The summed E-state index contributed by atoms with van der Waals surface area (Å²) in [7, 11) is 0. The molecule has 3 N–H and O–H groups in total. The smallest absolute Gasteiger partial charge is 0.308 e. The van der Waals surface area contributed by atoms with Crippen molar-refractivity contribution in [2.24, 2.45) is 11.7 Å². The molecule has 0 aliphatic carbocycles. The number of aliphatic carboxylic acids is 1. The van der Waals surface area contributed by atoms with E-state index in [1.165, 1.54) is 0 Å². The van der Waals surface area contributed by atoms with Crippen LogP contribution >= 0.6 is 0 Å². The number of nitrogens with two attached hydrogens (primary N) is 1. The maximum atomic E-state index is 10.7. The van der Waals surface area contributed by atoms with Gasteiger partial charge in [0.25, 0.3) is 0 Å². The molecule has 1 rings (SSSR count). The van der Waals surface area contributed by atoms with Gasteiger partial charge >= 0.3 is 5.97 Å². The first-order valence-corrected chi connectivity index (χ1v) is 4.40. The van der Waals surface area contributed by atoms with Crippen LogP contribution in [0.25, 0.3) is 0 Å². The highest BCUT2D eigenvalue weighted by atomic mass is 16.4. The van der Waals surface area contributed by atoms with E-state index in [2.05, 4.69) is 4.98 Å². The Hall–Kier alpha value is -1.36. The summed E-state index contributed by atoms with van der Waals surface area (Å²) < 4.78 is 5.27. The number of rotatable bonds is 4.